The smallest absolute Gasteiger partial charge is 0.321 e. The largest absolute Gasteiger partial charge is 0.340 e. The summed E-state index contributed by atoms with van der Waals surface area (Å²) in [5.41, 5.74) is 1.88. The van der Waals surface area contributed by atoms with Crippen LogP contribution >= 0.6 is 0 Å². The summed E-state index contributed by atoms with van der Waals surface area (Å²) in [6.45, 7) is 5.00. The molecule has 146 valence electrons. The Hall–Kier alpha value is -3.35. The van der Waals surface area contributed by atoms with Crippen LogP contribution in [0.25, 0.3) is 0 Å². The highest BCUT2D eigenvalue weighted by atomic mass is 16.2. The highest BCUT2D eigenvalue weighted by molar-refractivity contribution is 6.01. The molecule has 28 heavy (non-hydrogen) atoms. The lowest BCUT2D eigenvalue weighted by atomic mass is 10.0. The zero-order valence-corrected chi connectivity index (χ0v) is 15.9. The van der Waals surface area contributed by atoms with E-state index in [1.165, 1.54) is 0 Å². The van der Waals surface area contributed by atoms with Gasteiger partial charge in [0.15, 0.2) is 0 Å². The van der Waals surface area contributed by atoms with Crippen molar-refractivity contribution >= 4 is 29.2 Å². The van der Waals surface area contributed by atoms with Crippen molar-refractivity contribution in [2.75, 3.05) is 23.3 Å². The Morgan fingerprint density at radius 3 is 2.29 bits per heavy atom. The molecule has 0 aliphatic carbocycles. The van der Waals surface area contributed by atoms with Gasteiger partial charge >= 0.3 is 6.03 Å². The molecule has 2 aromatic rings. The molecule has 4 amide bonds. The molecule has 0 spiro atoms. The van der Waals surface area contributed by atoms with Gasteiger partial charge in [-0.15, -0.1) is 0 Å². The van der Waals surface area contributed by atoms with Crippen LogP contribution in [-0.4, -0.2) is 37.0 Å². The summed E-state index contributed by atoms with van der Waals surface area (Å²) in [5, 5.41) is 8.39. The summed E-state index contributed by atoms with van der Waals surface area (Å²) in [7, 11) is 0. The molecule has 3 N–H and O–H groups in total. The quantitative estimate of drug-likeness (QED) is 0.719. The Kier molecular flexibility index (Phi) is 5.93. The maximum atomic E-state index is 12.7. The fourth-order valence-corrected chi connectivity index (χ4v) is 3.01. The Morgan fingerprint density at radius 1 is 1.04 bits per heavy atom. The van der Waals surface area contributed by atoms with Gasteiger partial charge in [0, 0.05) is 30.0 Å². The standard InChI is InChI=1S/C21H24N4O3/c1-14(2)18(24-19(26)15-6-4-3-5-7-15)20(27)23-16-8-10-17(11-9-16)25-13-12-22-21(25)28/h3-11,14,18H,12-13H2,1-2H3,(H,22,28)(H,23,27)(H,24,26)/t18-/m0/s1. The molecule has 1 aliphatic heterocycles. The highest BCUT2D eigenvalue weighted by Gasteiger charge is 2.25. The second kappa shape index (κ2) is 8.56. The van der Waals surface area contributed by atoms with Gasteiger partial charge in [0.25, 0.3) is 5.91 Å². The third-order valence-corrected chi connectivity index (χ3v) is 4.58. The highest BCUT2D eigenvalue weighted by Crippen LogP contribution is 2.20. The predicted molar refractivity (Wildman–Crippen MR) is 108 cm³/mol. The van der Waals surface area contributed by atoms with Crippen molar-refractivity contribution in [3.05, 3.63) is 60.2 Å². The van der Waals surface area contributed by atoms with Gasteiger partial charge in [-0.1, -0.05) is 32.0 Å². The molecule has 2 aromatic carbocycles. The summed E-state index contributed by atoms with van der Waals surface area (Å²) >= 11 is 0. The predicted octanol–water partition coefficient (Wildman–Crippen LogP) is 2.61. The van der Waals surface area contributed by atoms with E-state index >= 15 is 0 Å². The molecule has 0 saturated carbocycles. The van der Waals surface area contributed by atoms with Crippen LogP contribution in [0.5, 0.6) is 0 Å². The monoisotopic (exact) mass is 380 g/mol. The first kappa shape index (κ1) is 19.4. The first-order valence-corrected chi connectivity index (χ1v) is 9.28. The number of benzene rings is 2. The number of amides is 4. The van der Waals surface area contributed by atoms with E-state index in [0.29, 0.717) is 24.3 Å². The van der Waals surface area contributed by atoms with Gasteiger partial charge in [-0.05, 0) is 42.3 Å². The Bertz CT molecular complexity index is 850. The number of carbonyl (C=O) groups excluding carboxylic acids is 3. The van der Waals surface area contributed by atoms with Crippen molar-refractivity contribution in [3.63, 3.8) is 0 Å². The van der Waals surface area contributed by atoms with Crippen LogP contribution in [0.2, 0.25) is 0 Å². The third-order valence-electron chi connectivity index (χ3n) is 4.58. The lowest BCUT2D eigenvalue weighted by Crippen LogP contribution is -2.47. The van der Waals surface area contributed by atoms with Crippen LogP contribution in [0.1, 0.15) is 24.2 Å². The van der Waals surface area contributed by atoms with Gasteiger partial charge in [0.2, 0.25) is 5.91 Å². The minimum atomic E-state index is -0.670. The van der Waals surface area contributed by atoms with Crippen LogP contribution in [0, 0.1) is 5.92 Å². The molecule has 1 heterocycles. The van der Waals surface area contributed by atoms with Crippen LogP contribution in [0.3, 0.4) is 0 Å². The molecule has 3 rings (SSSR count). The maximum absolute atomic E-state index is 12.7. The van der Waals surface area contributed by atoms with Crippen molar-refractivity contribution in [1.82, 2.24) is 10.6 Å². The molecule has 1 fully saturated rings. The molecule has 0 radical (unpaired) electrons. The number of hydrogen-bond donors (Lipinski definition) is 3. The number of urea groups is 1. The normalized spacial score (nSPS) is 14.5. The fourth-order valence-electron chi connectivity index (χ4n) is 3.01. The van der Waals surface area contributed by atoms with Crippen molar-refractivity contribution in [3.8, 4) is 0 Å². The zero-order valence-electron chi connectivity index (χ0n) is 15.9. The second-order valence-electron chi connectivity index (χ2n) is 6.98. The fraction of sp³-hybridized carbons (Fsp3) is 0.286. The Labute approximate surface area is 164 Å². The van der Waals surface area contributed by atoms with E-state index in [1.807, 2.05) is 19.9 Å². The first-order chi connectivity index (χ1) is 13.5. The average molecular weight is 380 g/mol. The number of nitrogens with zero attached hydrogens (tertiary/aromatic N) is 1. The van der Waals surface area contributed by atoms with Crippen LogP contribution < -0.4 is 20.9 Å². The average Bonchev–Trinajstić information content (AvgIpc) is 3.12. The summed E-state index contributed by atoms with van der Waals surface area (Å²) in [4.78, 5) is 38.5. The van der Waals surface area contributed by atoms with E-state index in [9.17, 15) is 14.4 Å². The second-order valence-corrected chi connectivity index (χ2v) is 6.98. The van der Waals surface area contributed by atoms with Gasteiger partial charge in [0.1, 0.15) is 6.04 Å². The first-order valence-electron chi connectivity index (χ1n) is 9.28. The summed E-state index contributed by atoms with van der Waals surface area (Å²) in [6, 6.07) is 15.1. The molecule has 0 aromatic heterocycles. The van der Waals surface area contributed by atoms with E-state index in [2.05, 4.69) is 16.0 Å². The SMILES string of the molecule is CC(C)[C@H](NC(=O)c1ccccc1)C(=O)Nc1ccc(N2CCNC2=O)cc1. The molecule has 7 nitrogen and oxygen atoms in total. The number of nitrogens with one attached hydrogen (secondary N) is 3. The number of hydrogen-bond acceptors (Lipinski definition) is 3. The van der Waals surface area contributed by atoms with Gasteiger partial charge in [-0.2, -0.15) is 0 Å². The molecule has 0 bridgehead atoms. The molecule has 1 aliphatic rings. The maximum Gasteiger partial charge on any atom is 0.321 e. The van der Waals surface area contributed by atoms with Crippen molar-refractivity contribution in [2.45, 2.75) is 19.9 Å². The zero-order chi connectivity index (χ0) is 20.1. The van der Waals surface area contributed by atoms with E-state index < -0.39 is 6.04 Å². The van der Waals surface area contributed by atoms with Crippen LogP contribution in [0.15, 0.2) is 54.6 Å². The number of anilines is 2. The molecule has 0 unspecified atom stereocenters. The van der Waals surface area contributed by atoms with E-state index in [1.54, 1.807) is 53.4 Å². The van der Waals surface area contributed by atoms with Gasteiger partial charge in [0.05, 0.1) is 0 Å². The Morgan fingerprint density at radius 2 is 1.71 bits per heavy atom. The molecular weight excluding hydrogens is 356 g/mol. The number of rotatable bonds is 6. The summed E-state index contributed by atoms with van der Waals surface area (Å²) in [5.74, 6) is -0.656. The lowest BCUT2D eigenvalue weighted by molar-refractivity contribution is -0.118. The topological polar surface area (TPSA) is 90.5 Å². The van der Waals surface area contributed by atoms with Gasteiger partial charge in [-0.3, -0.25) is 14.5 Å². The van der Waals surface area contributed by atoms with E-state index in [-0.39, 0.29) is 23.8 Å². The van der Waals surface area contributed by atoms with Crippen molar-refractivity contribution in [2.24, 2.45) is 5.92 Å². The summed E-state index contributed by atoms with van der Waals surface area (Å²) in [6.07, 6.45) is 0. The summed E-state index contributed by atoms with van der Waals surface area (Å²) < 4.78 is 0. The minimum absolute atomic E-state index is 0.0831. The third kappa shape index (κ3) is 4.49. The molecule has 7 heteroatoms. The molecule has 1 atom stereocenters. The van der Waals surface area contributed by atoms with Gasteiger partial charge < -0.3 is 16.0 Å². The lowest BCUT2D eigenvalue weighted by Gasteiger charge is -2.22. The van der Waals surface area contributed by atoms with E-state index in [4.69, 9.17) is 0 Å². The minimum Gasteiger partial charge on any atom is -0.340 e. The van der Waals surface area contributed by atoms with Crippen LogP contribution in [0.4, 0.5) is 16.2 Å². The van der Waals surface area contributed by atoms with Crippen molar-refractivity contribution in [1.29, 1.82) is 0 Å². The Balaban J connectivity index is 1.65. The van der Waals surface area contributed by atoms with Crippen molar-refractivity contribution < 1.29 is 14.4 Å². The number of carbonyl (C=O) groups is 3. The molecule has 1 saturated heterocycles. The van der Waals surface area contributed by atoms with Crippen LogP contribution in [-0.2, 0) is 4.79 Å². The van der Waals surface area contributed by atoms with E-state index in [0.717, 1.165) is 5.69 Å². The molecular formula is C21H24N4O3. The van der Waals surface area contributed by atoms with Gasteiger partial charge in [-0.25, -0.2) is 4.79 Å².